The van der Waals surface area contributed by atoms with Gasteiger partial charge in [0.15, 0.2) is 5.82 Å². The number of anilines is 2. The molecular formula is C34H34F3N7O. The molecule has 0 saturated carbocycles. The molecule has 8 nitrogen and oxygen atoms in total. The van der Waals surface area contributed by atoms with Crippen LogP contribution in [0.5, 0.6) is 6.01 Å². The zero-order chi connectivity index (χ0) is 30.9. The molecule has 8 rings (SSSR count). The van der Waals surface area contributed by atoms with Crippen LogP contribution in [0.3, 0.4) is 0 Å². The topological polar surface area (TPSA) is 92.4 Å². The quantitative estimate of drug-likeness (QED) is 0.313. The number of piperazine rings is 1. The Morgan fingerprint density at radius 1 is 1.04 bits per heavy atom. The minimum Gasteiger partial charge on any atom is -0.461 e. The van der Waals surface area contributed by atoms with E-state index in [9.17, 15) is 4.39 Å². The maximum absolute atomic E-state index is 17.1. The number of terminal acetylenes is 1. The van der Waals surface area contributed by atoms with E-state index in [-0.39, 0.29) is 45.6 Å². The van der Waals surface area contributed by atoms with E-state index in [0.29, 0.717) is 54.7 Å². The van der Waals surface area contributed by atoms with Gasteiger partial charge in [0.25, 0.3) is 0 Å². The summed E-state index contributed by atoms with van der Waals surface area (Å²) in [6.45, 7) is 4.57. The highest BCUT2D eigenvalue weighted by Crippen LogP contribution is 2.44. The number of halogens is 3. The predicted molar refractivity (Wildman–Crippen MR) is 168 cm³/mol. The molecule has 1 unspecified atom stereocenters. The Kier molecular flexibility index (Phi) is 6.76. The number of fused-ring (bicyclic) bond motifs is 4. The number of aryl methyl sites for hydroxylation is 1. The minimum absolute atomic E-state index is 0.0293. The lowest BCUT2D eigenvalue weighted by molar-refractivity contribution is 0.108. The lowest BCUT2D eigenvalue weighted by Gasteiger charge is -2.39. The Labute approximate surface area is 259 Å². The summed E-state index contributed by atoms with van der Waals surface area (Å²) in [7, 11) is 0. The van der Waals surface area contributed by atoms with Gasteiger partial charge in [-0.1, -0.05) is 12.0 Å². The number of nitrogens with two attached hydrogens (primary N) is 1. The molecule has 0 aliphatic carbocycles. The summed E-state index contributed by atoms with van der Waals surface area (Å²) in [6.07, 6.45) is 11.8. The second-order valence-electron chi connectivity index (χ2n) is 12.7. The third-order valence-corrected chi connectivity index (χ3v) is 10.3. The first-order chi connectivity index (χ1) is 21.9. The van der Waals surface area contributed by atoms with Gasteiger partial charge in [-0.05, 0) is 75.6 Å². The van der Waals surface area contributed by atoms with E-state index in [1.807, 2.05) is 0 Å². The zero-order valence-corrected chi connectivity index (χ0v) is 24.9. The molecule has 4 aliphatic heterocycles. The van der Waals surface area contributed by atoms with Crippen molar-refractivity contribution >= 4 is 33.3 Å². The highest BCUT2D eigenvalue weighted by atomic mass is 19.1. The van der Waals surface area contributed by atoms with Crippen LogP contribution in [0.25, 0.3) is 32.9 Å². The third kappa shape index (κ3) is 4.41. The van der Waals surface area contributed by atoms with Crippen molar-refractivity contribution in [3.63, 3.8) is 0 Å². The summed E-state index contributed by atoms with van der Waals surface area (Å²) >= 11 is 0. The maximum Gasteiger partial charge on any atom is 0.319 e. The number of nitrogen functional groups attached to an aromatic ring is 1. The van der Waals surface area contributed by atoms with E-state index in [2.05, 4.69) is 31.0 Å². The van der Waals surface area contributed by atoms with Crippen molar-refractivity contribution in [1.29, 1.82) is 0 Å². The van der Waals surface area contributed by atoms with Gasteiger partial charge in [-0.15, -0.1) is 6.42 Å². The molecule has 1 atom stereocenters. The van der Waals surface area contributed by atoms with Gasteiger partial charge >= 0.3 is 6.01 Å². The number of nitrogens with one attached hydrogen (secondary N) is 1. The fourth-order valence-corrected chi connectivity index (χ4v) is 8.20. The highest BCUT2D eigenvalue weighted by molar-refractivity contribution is 6.04. The van der Waals surface area contributed by atoms with Crippen LogP contribution in [0.4, 0.5) is 24.8 Å². The number of ether oxygens (including phenoxy) is 1. The lowest BCUT2D eigenvalue weighted by Crippen LogP contribution is -2.52. The molecule has 0 spiro atoms. The van der Waals surface area contributed by atoms with Gasteiger partial charge in [-0.3, -0.25) is 4.90 Å². The van der Waals surface area contributed by atoms with Gasteiger partial charge in [0.05, 0.1) is 27.7 Å². The number of hydrogen-bond acceptors (Lipinski definition) is 8. The van der Waals surface area contributed by atoms with Crippen LogP contribution < -0.4 is 20.7 Å². The summed E-state index contributed by atoms with van der Waals surface area (Å²) in [5, 5.41) is 4.34. The summed E-state index contributed by atoms with van der Waals surface area (Å²) in [5.41, 5.74) is 5.59. The molecule has 2 aromatic carbocycles. The molecule has 0 radical (unpaired) electrons. The standard InChI is InChI=1S/C34H34F3N7O/c1-2-21-23(35)9-8-19-16-24(38)40-30(25(19)21)27-28(36)22-7-3-6-20-17-39-12-15-44(20)32-26(22)31(29(27)37)41-33(42-32)45-18-34-10-4-13-43(34)14-5-11-34/h1,8-9,16,20,39H,3-7,10-15,17-18H2,(H2,38,40). The van der Waals surface area contributed by atoms with Gasteiger partial charge in [0.1, 0.15) is 35.4 Å². The molecule has 11 heteroatoms. The van der Waals surface area contributed by atoms with Crippen LogP contribution >= 0.6 is 0 Å². The van der Waals surface area contributed by atoms with Crippen molar-refractivity contribution < 1.29 is 17.9 Å². The average molecular weight is 614 g/mol. The minimum atomic E-state index is -0.930. The Balaban J connectivity index is 1.38. The number of hydrogen-bond donors (Lipinski definition) is 2. The summed E-state index contributed by atoms with van der Waals surface area (Å²) in [5.74, 6) is 0.453. The molecule has 2 aromatic heterocycles. The van der Waals surface area contributed by atoms with E-state index >= 15 is 8.78 Å². The summed E-state index contributed by atoms with van der Waals surface area (Å²) in [4.78, 5) is 18.5. The number of nitrogens with zero attached hydrogens (tertiary/aromatic N) is 5. The molecule has 0 amide bonds. The van der Waals surface area contributed by atoms with E-state index < -0.39 is 23.0 Å². The molecule has 232 valence electrons. The van der Waals surface area contributed by atoms with Gasteiger partial charge in [-0.25, -0.2) is 18.2 Å². The number of benzene rings is 2. The van der Waals surface area contributed by atoms with Crippen molar-refractivity contribution in [2.45, 2.75) is 56.5 Å². The van der Waals surface area contributed by atoms with Crippen molar-refractivity contribution in [1.82, 2.24) is 25.2 Å². The summed E-state index contributed by atoms with van der Waals surface area (Å²) in [6, 6.07) is 4.39. The van der Waals surface area contributed by atoms with Gasteiger partial charge in [-0.2, -0.15) is 9.97 Å². The van der Waals surface area contributed by atoms with E-state index in [1.165, 1.54) is 18.2 Å². The first-order valence-corrected chi connectivity index (χ1v) is 15.8. The van der Waals surface area contributed by atoms with E-state index in [4.69, 9.17) is 21.9 Å². The SMILES string of the molecule is C#Cc1c(F)ccc2cc(N)nc(-c3c(F)c4c5c(nc(OCC67CCCN6CCC7)nc5c3F)N3CCNCC3CCC4)c12. The van der Waals surface area contributed by atoms with Crippen LogP contribution in [-0.4, -0.2) is 70.8 Å². The molecular weight excluding hydrogens is 579 g/mol. The first kappa shape index (κ1) is 28.3. The van der Waals surface area contributed by atoms with Crippen molar-refractivity contribution in [3.05, 3.63) is 46.8 Å². The smallest absolute Gasteiger partial charge is 0.319 e. The Morgan fingerprint density at radius 3 is 2.67 bits per heavy atom. The second-order valence-corrected chi connectivity index (χ2v) is 12.7. The first-order valence-electron chi connectivity index (χ1n) is 15.8. The zero-order valence-electron chi connectivity index (χ0n) is 24.9. The van der Waals surface area contributed by atoms with E-state index in [1.54, 1.807) is 0 Å². The van der Waals surface area contributed by atoms with Crippen molar-refractivity contribution in [2.24, 2.45) is 0 Å². The molecule has 3 fully saturated rings. The van der Waals surface area contributed by atoms with Gasteiger partial charge < -0.3 is 20.7 Å². The van der Waals surface area contributed by atoms with Crippen molar-refractivity contribution in [3.8, 4) is 29.6 Å². The Hall–Kier alpha value is -4.14. The van der Waals surface area contributed by atoms with Crippen LogP contribution in [0.1, 0.15) is 49.7 Å². The molecule has 6 heterocycles. The normalized spacial score (nSPS) is 20.9. The van der Waals surface area contributed by atoms with Gasteiger partial charge in [0.2, 0.25) is 0 Å². The molecule has 3 saturated heterocycles. The predicted octanol–water partition coefficient (Wildman–Crippen LogP) is 4.95. The third-order valence-electron chi connectivity index (χ3n) is 10.3. The van der Waals surface area contributed by atoms with Crippen LogP contribution in [-0.2, 0) is 6.42 Å². The molecule has 0 bridgehead atoms. The number of pyridine rings is 1. The van der Waals surface area contributed by atoms with Crippen LogP contribution in [0, 0.1) is 29.8 Å². The molecule has 4 aliphatic rings. The Bertz CT molecular complexity index is 1900. The average Bonchev–Trinajstić information content (AvgIpc) is 3.61. The van der Waals surface area contributed by atoms with Crippen molar-refractivity contribution in [2.75, 3.05) is 50.0 Å². The second kappa shape index (κ2) is 10.7. The lowest BCUT2D eigenvalue weighted by atomic mass is 9.91. The van der Waals surface area contributed by atoms with E-state index in [0.717, 1.165) is 51.7 Å². The number of aromatic nitrogens is 3. The Morgan fingerprint density at radius 2 is 1.87 bits per heavy atom. The van der Waals surface area contributed by atoms with Gasteiger partial charge in [0, 0.05) is 36.6 Å². The summed E-state index contributed by atoms with van der Waals surface area (Å²) < 4.78 is 55.3. The fraction of sp³-hybridized carbons (Fsp3) is 0.441. The van der Waals surface area contributed by atoms with Crippen LogP contribution in [0.15, 0.2) is 18.2 Å². The largest absolute Gasteiger partial charge is 0.461 e. The fourth-order valence-electron chi connectivity index (χ4n) is 8.20. The highest BCUT2D eigenvalue weighted by Gasteiger charge is 2.45. The molecule has 3 N–H and O–H groups in total. The van der Waals surface area contributed by atoms with Crippen LogP contribution in [0.2, 0.25) is 0 Å². The monoisotopic (exact) mass is 613 g/mol. The number of rotatable bonds is 4. The maximum atomic E-state index is 17.1. The molecule has 4 aromatic rings. The molecule has 45 heavy (non-hydrogen) atoms.